The molecule has 21 heavy (non-hydrogen) atoms. The average Bonchev–Trinajstić information content (AvgIpc) is 2.39. The Hall–Kier alpha value is -2.48. The molecule has 0 saturated carbocycles. The number of aromatic carboxylic acids is 1. The molecular formula is C13H11F2NO5. The summed E-state index contributed by atoms with van der Waals surface area (Å²) < 4.78 is 33.8. The van der Waals surface area contributed by atoms with Crippen LogP contribution >= 0.6 is 0 Å². The van der Waals surface area contributed by atoms with Crippen LogP contribution in [0.2, 0.25) is 0 Å². The first-order valence-electron chi connectivity index (χ1n) is 5.84. The normalized spacial score (nSPS) is 16.2. The lowest BCUT2D eigenvalue weighted by atomic mass is 10.1. The minimum Gasteiger partial charge on any atom is -0.486 e. The number of nitrogens with zero attached hydrogens (tertiary/aromatic N) is 1. The molecule has 8 heteroatoms. The number of carboxylic acids is 1. The number of pyridine rings is 1. The van der Waals surface area contributed by atoms with Gasteiger partial charge in [-0.1, -0.05) is 0 Å². The summed E-state index contributed by atoms with van der Waals surface area (Å²) in [6.45, 7) is 1.78. The first-order chi connectivity index (χ1) is 9.41. The smallest absolute Gasteiger partial charge is 0.341 e. The second-order valence-corrected chi connectivity index (χ2v) is 4.64. The molecule has 0 spiro atoms. The molecule has 0 aliphatic carbocycles. The number of rotatable bonds is 1. The first-order valence-corrected chi connectivity index (χ1v) is 5.84. The number of aromatic nitrogens is 1. The SMILES string of the molecule is C[C@H]1COc2c(F)c(F)cc3c(=O)c(C(=O)O)cn1c23.O. The van der Waals surface area contributed by atoms with Gasteiger partial charge in [-0.15, -0.1) is 0 Å². The van der Waals surface area contributed by atoms with Crippen LogP contribution in [-0.2, 0) is 0 Å². The third-order valence-electron chi connectivity index (χ3n) is 3.34. The first kappa shape index (κ1) is 14.9. The van der Waals surface area contributed by atoms with Gasteiger partial charge in [0.25, 0.3) is 0 Å². The fourth-order valence-electron chi connectivity index (χ4n) is 2.35. The van der Waals surface area contributed by atoms with Gasteiger partial charge in [0.15, 0.2) is 11.6 Å². The van der Waals surface area contributed by atoms with E-state index in [9.17, 15) is 18.4 Å². The molecule has 3 N–H and O–H groups in total. The van der Waals surface area contributed by atoms with Gasteiger partial charge in [0.1, 0.15) is 12.2 Å². The van der Waals surface area contributed by atoms with Crippen molar-refractivity contribution in [2.75, 3.05) is 6.61 Å². The van der Waals surface area contributed by atoms with Gasteiger partial charge in [-0.2, -0.15) is 4.39 Å². The van der Waals surface area contributed by atoms with Crippen LogP contribution in [0, 0.1) is 11.6 Å². The molecule has 1 aliphatic heterocycles. The molecule has 1 aliphatic rings. The van der Waals surface area contributed by atoms with Crippen molar-refractivity contribution in [3.05, 3.63) is 39.7 Å². The fourth-order valence-corrected chi connectivity index (χ4v) is 2.35. The molecule has 0 radical (unpaired) electrons. The third-order valence-corrected chi connectivity index (χ3v) is 3.34. The Morgan fingerprint density at radius 2 is 2.14 bits per heavy atom. The van der Waals surface area contributed by atoms with Crippen LogP contribution in [0.25, 0.3) is 10.9 Å². The van der Waals surface area contributed by atoms with Crippen LogP contribution in [0.1, 0.15) is 23.3 Å². The summed E-state index contributed by atoms with van der Waals surface area (Å²) in [5.41, 5.74) is -1.26. The topological polar surface area (TPSA) is 100 Å². The molecule has 0 bridgehead atoms. The predicted molar refractivity (Wildman–Crippen MR) is 68.9 cm³/mol. The highest BCUT2D eigenvalue weighted by Gasteiger charge is 2.27. The van der Waals surface area contributed by atoms with Crippen LogP contribution in [-0.4, -0.2) is 27.7 Å². The lowest BCUT2D eigenvalue weighted by molar-refractivity contribution is 0.0694. The Bertz CT molecular complexity index is 815. The molecule has 0 unspecified atom stereocenters. The number of carboxylic acid groups (broad SMARTS) is 1. The highest BCUT2D eigenvalue weighted by atomic mass is 19.2. The van der Waals surface area contributed by atoms with E-state index in [1.54, 1.807) is 6.92 Å². The van der Waals surface area contributed by atoms with Gasteiger partial charge in [0.2, 0.25) is 11.2 Å². The number of hydrogen-bond acceptors (Lipinski definition) is 3. The highest BCUT2D eigenvalue weighted by molar-refractivity contribution is 5.94. The second kappa shape index (κ2) is 4.81. The highest BCUT2D eigenvalue weighted by Crippen LogP contribution is 2.35. The lowest BCUT2D eigenvalue weighted by Gasteiger charge is -2.27. The zero-order valence-corrected chi connectivity index (χ0v) is 10.8. The van der Waals surface area contributed by atoms with Gasteiger partial charge in [-0.3, -0.25) is 4.79 Å². The Morgan fingerprint density at radius 1 is 1.48 bits per heavy atom. The van der Waals surface area contributed by atoms with E-state index in [0.717, 1.165) is 6.20 Å². The van der Waals surface area contributed by atoms with Crippen LogP contribution in [0.5, 0.6) is 5.75 Å². The van der Waals surface area contributed by atoms with Crippen molar-refractivity contribution in [3.63, 3.8) is 0 Å². The number of hydrogen-bond donors (Lipinski definition) is 1. The van der Waals surface area contributed by atoms with Crippen LogP contribution in [0.4, 0.5) is 8.78 Å². The van der Waals surface area contributed by atoms with Crippen molar-refractivity contribution in [1.82, 2.24) is 4.57 Å². The fraction of sp³-hybridized carbons (Fsp3) is 0.231. The Balaban J connectivity index is 0.00000161. The van der Waals surface area contributed by atoms with Gasteiger partial charge in [-0.25, -0.2) is 9.18 Å². The summed E-state index contributed by atoms with van der Waals surface area (Å²) in [4.78, 5) is 23.1. The monoisotopic (exact) mass is 299 g/mol. The molecule has 0 fully saturated rings. The molecular weight excluding hydrogens is 288 g/mol. The summed E-state index contributed by atoms with van der Waals surface area (Å²) in [6, 6.07) is 0.412. The van der Waals surface area contributed by atoms with Gasteiger partial charge >= 0.3 is 5.97 Å². The minimum absolute atomic E-state index is 0. The number of halogens is 2. The van der Waals surface area contributed by atoms with E-state index in [-0.39, 0.29) is 34.8 Å². The molecule has 1 atom stereocenters. The number of benzene rings is 1. The summed E-state index contributed by atoms with van der Waals surface area (Å²) >= 11 is 0. The molecule has 3 rings (SSSR count). The molecule has 1 aromatic carbocycles. The molecule has 112 valence electrons. The van der Waals surface area contributed by atoms with Crippen molar-refractivity contribution < 1.29 is 28.9 Å². The van der Waals surface area contributed by atoms with Crippen molar-refractivity contribution in [1.29, 1.82) is 0 Å². The maximum absolute atomic E-state index is 13.7. The summed E-state index contributed by atoms with van der Waals surface area (Å²) in [6.07, 6.45) is 1.14. The van der Waals surface area contributed by atoms with Crippen molar-refractivity contribution >= 4 is 16.9 Å². The van der Waals surface area contributed by atoms with Crippen molar-refractivity contribution in [3.8, 4) is 5.75 Å². The summed E-state index contributed by atoms with van der Waals surface area (Å²) in [5.74, 6) is -4.19. The molecule has 0 amide bonds. The van der Waals surface area contributed by atoms with E-state index in [4.69, 9.17) is 9.84 Å². The second-order valence-electron chi connectivity index (χ2n) is 4.64. The zero-order valence-electron chi connectivity index (χ0n) is 10.8. The Morgan fingerprint density at radius 3 is 2.76 bits per heavy atom. The lowest BCUT2D eigenvalue weighted by Crippen LogP contribution is -2.27. The maximum Gasteiger partial charge on any atom is 0.341 e. The van der Waals surface area contributed by atoms with Gasteiger partial charge in [0, 0.05) is 6.20 Å². The van der Waals surface area contributed by atoms with Gasteiger partial charge in [-0.05, 0) is 13.0 Å². The van der Waals surface area contributed by atoms with E-state index in [1.807, 2.05) is 0 Å². The Kier molecular flexibility index (Phi) is 3.42. The third kappa shape index (κ3) is 1.95. The van der Waals surface area contributed by atoms with Crippen molar-refractivity contribution in [2.24, 2.45) is 0 Å². The number of carbonyl (C=O) groups is 1. The van der Waals surface area contributed by atoms with E-state index < -0.39 is 28.6 Å². The van der Waals surface area contributed by atoms with E-state index >= 15 is 0 Å². The van der Waals surface area contributed by atoms with Crippen molar-refractivity contribution in [2.45, 2.75) is 13.0 Å². The standard InChI is InChI=1S/C13H9F2NO4.H2O/c1-5-4-20-12-9(15)8(14)2-6-10(12)16(5)3-7(11(6)17)13(18)19;/h2-3,5H,4H2,1H3,(H,18,19);1H2/t5-;/m0./s1. The van der Waals surface area contributed by atoms with Gasteiger partial charge < -0.3 is 19.9 Å². The molecule has 6 nitrogen and oxygen atoms in total. The van der Waals surface area contributed by atoms with Crippen LogP contribution < -0.4 is 10.2 Å². The minimum atomic E-state index is -1.41. The van der Waals surface area contributed by atoms with Gasteiger partial charge in [0.05, 0.1) is 16.9 Å². The maximum atomic E-state index is 13.7. The number of ether oxygens (including phenoxy) is 1. The quantitative estimate of drug-likeness (QED) is 0.852. The van der Waals surface area contributed by atoms with E-state index in [0.29, 0.717) is 6.07 Å². The largest absolute Gasteiger partial charge is 0.486 e. The van der Waals surface area contributed by atoms with Crippen LogP contribution in [0.3, 0.4) is 0 Å². The molecule has 1 aromatic heterocycles. The molecule has 2 heterocycles. The van der Waals surface area contributed by atoms with E-state index in [1.165, 1.54) is 4.57 Å². The average molecular weight is 299 g/mol. The van der Waals surface area contributed by atoms with Crippen LogP contribution in [0.15, 0.2) is 17.1 Å². The molecule has 2 aromatic rings. The predicted octanol–water partition coefficient (Wildman–Crippen LogP) is 1.11. The van der Waals surface area contributed by atoms with E-state index in [2.05, 4.69) is 0 Å². The summed E-state index contributed by atoms with van der Waals surface area (Å²) in [7, 11) is 0. The molecule has 0 saturated heterocycles. The Labute approximate surface area is 116 Å². The zero-order chi connectivity index (χ0) is 14.6. The summed E-state index contributed by atoms with van der Waals surface area (Å²) in [5, 5.41) is 8.83.